The van der Waals surface area contributed by atoms with Gasteiger partial charge in [-0.15, -0.1) is 10.2 Å². The first-order chi connectivity index (χ1) is 12.7. The van der Waals surface area contributed by atoms with Crippen molar-refractivity contribution in [3.63, 3.8) is 0 Å². The van der Waals surface area contributed by atoms with Crippen LogP contribution in [0.15, 0.2) is 36.5 Å². The quantitative estimate of drug-likeness (QED) is 0.629. The zero-order valence-corrected chi connectivity index (χ0v) is 14.2. The van der Waals surface area contributed by atoms with Gasteiger partial charge < -0.3 is 20.4 Å². The molecule has 4 rings (SSSR count). The standard InChI is InChI=1S/C16H14N6O3S/c23-14-11(8-25-16-10(18-14)7-17-26-16)19-15(24)13-20-12(21-22-13)6-9-4-2-1-3-5-9/h1-5,7,11H,6,8H2,(H,18,23)(H,19,24)(H,20,21,22)/t11-/m0/s1. The van der Waals surface area contributed by atoms with E-state index in [1.807, 2.05) is 30.3 Å². The maximum atomic E-state index is 12.4. The summed E-state index contributed by atoms with van der Waals surface area (Å²) >= 11 is 1.13. The minimum Gasteiger partial charge on any atom is -0.479 e. The van der Waals surface area contributed by atoms with Crippen LogP contribution < -0.4 is 15.4 Å². The Labute approximate surface area is 152 Å². The van der Waals surface area contributed by atoms with Crippen LogP contribution in [0.3, 0.4) is 0 Å². The number of anilines is 1. The van der Waals surface area contributed by atoms with Crippen LogP contribution in [0.4, 0.5) is 5.69 Å². The number of hydrogen-bond acceptors (Lipinski definition) is 7. The number of ether oxygens (including phenoxy) is 1. The van der Waals surface area contributed by atoms with Crippen LogP contribution in [-0.2, 0) is 11.2 Å². The smallest absolute Gasteiger partial charge is 0.289 e. The highest BCUT2D eigenvalue weighted by molar-refractivity contribution is 7.08. The van der Waals surface area contributed by atoms with Crippen molar-refractivity contribution in [3.05, 3.63) is 53.7 Å². The molecular formula is C16H14N6O3S. The molecule has 0 radical (unpaired) electrons. The Morgan fingerprint density at radius 3 is 3.00 bits per heavy atom. The Balaban J connectivity index is 1.40. The van der Waals surface area contributed by atoms with E-state index in [4.69, 9.17) is 4.74 Å². The van der Waals surface area contributed by atoms with Gasteiger partial charge in [0.05, 0.1) is 6.20 Å². The second-order valence-corrected chi connectivity index (χ2v) is 6.40. The molecule has 0 unspecified atom stereocenters. The van der Waals surface area contributed by atoms with E-state index in [1.54, 1.807) is 0 Å². The predicted molar refractivity (Wildman–Crippen MR) is 93.1 cm³/mol. The van der Waals surface area contributed by atoms with Gasteiger partial charge in [-0.3, -0.25) is 9.59 Å². The lowest BCUT2D eigenvalue weighted by atomic mass is 10.1. The molecule has 0 bridgehead atoms. The van der Waals surface area contributed by atoms with Crippen molar-refractivity contribution < 1.29 is 14.3 Å². The number of aromatic amines is 1. The molecule has 0 fully saturated rings. The van der Waals surface area contributed by atoms with Crippen LogP contribution in [0.25, 0.3) is 0 Å². The minimum atomic E-state index is -0.843. The zero-order valence-electron chi connectivity index (χ0n) is 13.4. The number of aromatic nitrogens is 4. The van der Waals surface area contributed by atoms with Gasteiger partial charge in [-0.05, 0) is 5.56 Å². The highest BCUT2D eigenvalue weighted by atomic mass is 32.1. The van der Waals surface area contributed by atoms with E-state index in [0.717, 1.165) is 17.1 Å². The Morgan fingerprint density at radius 1 is 1.31 bits per heavy atom. The third kappa shape index (κ3) is 3.40. The summed E-state index contributed by atoms with van der Waals surface area (Å²) in [6.45, 7) is 0.0117. The average molecular weight is 370 g/mol. The van der Waals surface area contributed by atoms with Crippen LogP contribution in [-0.4, -0.2) is 44.0 Å². The van der Waals surface area contributed by atoms with E-state index < -0.39 is 11.9 Å². The van der Waals surface area contributed by atoms with Gasteiger partial charge in [-0.1, -0.05) is 30.3 Å². The lowest BCUT2D eigenvalue weighted by Crippen LogP contribution is -2.46. The van der Waals surface area contributed by atoms with E-state index in [1.165, 1.54) is 6.20 Å². The maximum absolute atomic E-state index is 12.4. The third-order valence-electron chi connectivity index (χ3n) is 3.76. The summed E-state index contributed by atoms with van der Waals surface area (Å²) in [5.74, 6) is -0.286. The molecule has 3 heterocycles. The fraction of sp³-hybridized carbons (Fsp3) is 0.188. The van der Waals surface area contributed by atoms with Crippen molar-refractivity contribution in [2.24, 2.45) is 0 Å². The Bertz CT molecular complexity index is 938. The number of nitrogens with zero attached hydrogens (tertiary/aromatic N) is 3. The highest BCUT2D eigenvalue weighted by Gasteiger charge is 2.28. The molecule has 132 valence electrons. The number of benzene rings is 1. The number of amides is 2. The Hall–Kier alpha value is -3.27. The third-order valence-corrected chi connectivity index (χ3v) is 4.48. The van der Waals surface area contributed by atoms with Gasteiger partial charge in [0, 0.05) is 18.0 Å². The highest BCUT2D eigenvalue weighted by Crippen LogP contribution is 2.30. The maximum Gasteiger partial charge on any atom is 0.289 e. The molecule has 9 nitrogen and oxygen atoms in total. The molecular weight excluding hydrogens is 356 g/mol. The van der Waals surface area contributed by atoms with Gasteiger partial charge >= 0.3 is 0 Å². The first-order valence-electron chi connectivity index (χ1n) is 7.84. The molecule has 1 atom stereocenters. The van der Waals surface area contributed by atoms with Gasteiger partial charge in [0.2, 0.25) is 10.9 Å². The van der Waals surface area contributed by atoms with Crippen molar-refractivity contribution in [1.29, 1.82) is 0 Å². The number of H-pyrrole nitrogens is 1. The van der Waals surface area contributed by atoms with E-state index in [2.05, 4.69) is 30.2 Å². The average Bonchev–Trinajstić information content (AvgIpc) is 3.26. The molecule has 3 N–H and O–H groups in total. The zero-order chi connectivity index (χ0) is 17.9. The van der Waals surface area contributed by atoms with Crippen LogP contribution in [0.2, 0.25) is 0 Å². The van der Waals surface area contributed by atoms with E-state index in [9.17, 15) is 9.59 Å². The van der Waals surface area contributed by atoms with Crippen molar-refractivity contribution in [1.82, 2.24) is 24.9 Å². The molecule has 3 aromatic rings. The van der Waals surface area contributed by atoms with Crippen LogP contribution in [0.1, 0.15) is 22.0 Å². The summed E-state index contributed by atoms with van der Waals surface area (Å²) in [5.41, 5.74) is 1.55. The molecule has 0 spiro atoms. The number of nitrogens with one attached hydrogen (secondary N) is 3. The largest absolute Gasteiger partial charge is 0.479 e. The van der Waals surface area contributed by atoms with Crippen LogP contribution >= 0.6 is 11.5 Å². The summed E-state index contributed by atoms with van der Waals surface area (Å²) in [6, 6.07) is 8.87. The molecule has 0 saturated heterocycles. The molecule has 0 saturated carbocycles. The SMILES string of the molecule is O=C(N[C@H]1COc2sncc2NC1=O)c1nnc(Cc2ccccc2)[nH]1. The number of carbonyl (C=O) groups is 2. The first kappa shape index (κ1) is 16.2. The van der Waals surface area contributed by atoms with Gasteiger partial charge in [0.15, 0.2) is 0 Å². The number of carbonyl (C=O) groups excluding carboxylic acids is 2. The van der Waals surface area contributed by atoms with Gasteiger partial charge in [-0.25, -0.2) is 0 Å². The van der Waals surface area contributed by atoms with Crippen LogP contribution in [0, 0.1) is 0 Å². The van der Waals surface area contributed by atoms with Gasteiger partial charge in [0.1, 0.15) is 24.2 Å². The fourth-order valence-electron chi connectivity index (χ4n) is 2.47. The molecule has 10 heteroatoms. The molecule has 2 amide bonds. The van der Waals surface area contributed by atoms with E-state index in [0.29, 0.717) is 23.0 Å². The molecule has 1 aromatic carbocycles. The Morgan fingerprint density at radius 2 is 2.15 bits per heavy atom. The number of rotatable bonds is 4. The summed E-state index contributed by atoms with van der Waals surface area (Å²) in [5, 5.41) is 13.6. The normalized spacial score (nSPS) is 16.2. The summed E-state index contributed by atoms with van der Waals surface area (Å²) < 4.78 is 9.45. The van der Waals surface area contributed by atoms with E-state index in [-0.39, 0.29) is 18.3 Å². The summed E-state index contributed by atoms with van der Waals surface area (Å²) in [6.07, 6.45) is 2.04. The second-order valence-electron chi connectivity index (χ2n) is 5.64. The first-order valence-corrected chi connectivity index (χ1v) is 8.61. The van der Waals surface area contributed by atoms with Crippen LogP contribution in [0.5, 0.6) is 5.06 Å². The number of hydrogen-bond donors (Lipinski definition) is 3. The van der Waals surface area contributed by atoms with E-state index >= 15 is 0 Å². The molecule has 1 aliphatic heterocycles. The number of fused-ring (bicyclic) bond motifs is 1. The fourth-order valence-corrected chi connectivity index (χ4v) is 3.05. The van der Waals surface area contributed by atoms with Crippen molar-refractivity contribution in [2.75, 3.05) is 11.9 Å². The lowest BCUT2D eigenvalue weighted by Gasteiger charge is -2.13. The lowest BCUT2D eigenvalue weighted by molar-refractivity contribution is -0.118. The molecule has 1 aliphatic rings. The minimum absolute atomic E-state index is 0.0117. The van der Waals surface area contributed by atoms with Crippen molar-refractivity contribution in [2.45, 2.75) is 12.5 Å². The van der Waals surface area contributed by atoms with Crippen molar-refractivity contribution >= 4 is 29.0 Å². The molecule has 2 aromatic heterocycles. The predicted octanol–water partition coefficient (Wildman–Crippen LogP) is 0.981. The summed E-state index contributed by atoms with van der Waals surface area (Å²) in [7, 11) is 0. The van der Waals surface area contributed by atoms with Crippen molar-refractivity contribution in [3.8, 4) is 5.06 Å². The van der Waals surface area contributed by atoms with Gasteiger partial charge in [0.25, 0.3) is 11.8 Å². The second kappa shape index (κ2) is 6.92. The summed E-state index contributed by atoms with van der Waals surface area (Å²) in [4.78, 5) is 27.4. The Kier molecular flexibility index (Phi) is 4.32. The molecule has 0 aliphatic carbocycles. The monoisotopic (exact) mass is 370 g/mol. The molecule has 26 heavy (non-hydrogen) atoms. The van der Waals surface area contributed by atoms with Gasteiger partial charge in [-0.2, -0.15) is 4.37 Å². The topological polar surface area (TPSA) is 122 Å².